The lowest BCUT2D eigenvalue weighted by Gasteiger charge is -2.12. The predicted molar refractivity (Wildman–Crippen MR) is 84.1 cm³/mol. The largest absolute Gasteiger partial charge is 0.413 e. The van der Waals surface area contributed by atoms with Crippen molar-refractivity contribution in [1.29, 1.82) is 5.41 Å². The van der Waals surface area contributed by atoms with Gasteiger partial charge in [0.1, 0.15) is 5.82 Å². The first-order valence-corrected chi connectivity index (χ1v) is 6.65. The first kappa shape index (κ1) is 15.4. The molecule has 0 bridgehead atoms. The number of benzene rings is 1. The molecule has 1 aromatic heterocycles. The highest BCUT2D eigenvalue weighted by molar-refractivity contribution is 6.00. The number of hydrogen-bond donors (Lipinski definition) is 3. The highest BCUT2D eigenvalue weighted by Crippen LogP contribution is 2.24. The van der Waals surface area contributed by atoms with Crippen molar-refractivity contribution in [2.24, 2.45) is 0 Å². The van der Waals surface area contributed by atoms with Crippen LogP contribution in [0.1, 0.15) is 11.1 Å². The quantitative estimate of drug-likeness (QED) is 0.596. The van der Waals surface area contributed by atoms with Crippen LogP contribution in [0.5, 0.6) is 0 Å². The number of anilines is 1. The van der Waals surface area contributed by atoms with E-state index in [9.17, 15) is 4.79 Å². The van der Waals surface area contributed by atoms with Crippen molar-refractivity contribution in [2.45, 2.75) is 6.92 Å². The fourth-order valence-corrected chi connectivity index (χ4v) is 1.95. The van der Waals surface area contributed by atoms with Crippen LogP contribution in [0.4, 0.5) is 10.6 Å². The molecular formula is C15H17N5O2. The van der Waals surface area contributed by atoms with Gasteiger partial charge in [0.25, 0.3) is 0 Å². The van der Waals surface area contributed by atoms with E-state index in [1.165, 1.54) is 7.05 Å². The van der Waals surface area contributed by atoms with E-state index in [0.717, 1.165) is 11.1 Å². The summed E-state index contributed by atoms with van der Waals surface area (Å²) in [5.74, 6) is 0.465. The summed E-state index contributed by atoms with van der Waals surface area (Å²) in [7, 11) is 3.21. The maximum Gasteiger partial charge on any atom is 0.413 e. The van der Waals surface area contributed by atoms with Gasteiger partial charge in [-0.25, -0.2) is 9.78 Å². The van der Waals surface area contributed by atoms with E-state index in [4.69, 9.17) is 10.1 Å². The van der Waals surface area contributed by atoms with E-state index in [-0.39, 0.29) is 5.90 Å². The molecule has 3 N–H and O–H groups in total. The second-order valence-electron chi connectivity index (χ2n) is 4.48. The van der Waals surface area contributed by atoms with Gasteiger partial charge in [-0.2, -0.15) is 0 Å². The number of rotatable bonds is 3. The zero-order valence-corrected chi connectivity index (χ0v) is 12.6. The van der Waals surface area contributed by atoms with Gasteiger partial charge in [0, 0.05) is 25.2 Å². The van der Waals surface area contributed by atoms with Crippen LogP contribution in [0.25, 0.3) is 11.3 Å². The molecule has 0 fully saturated rings. The Morgan fingerprint density at radius 2 is 2.00 bits per heavy atom. The normalized spacial score (nSPS) is 9.95. The average Bonchev–Trinajstić information content (AvgIpc) is 2.55. The number of nitrogens with zero attached hydrogens (tertiary/aromatic N) is 2. The molecule has 0 spiro atoms. The Bertz CT molecular complexity index is 698. The standard InChI is InChI=1S/C15H17N5O2/c1-9-10(12-7-20-13(17-2)8-19-12)5-4-6-11(9)14(16)22-15(21)18-3/h4-8,16H,1-3H3,(H,17,20)(H,18,21). The molecule has 0 aliphatic carbocycles. The lowest BCUT2D eigenvalue weighted by molar-refractivity contribution is 0.199. The van der Waals surface area contributed by atoms with Gasteiger partial charge in [-0.1, -0.05) is 12.1 Å². The second-order valence-corrected chi connectivity index (χ2v) is 4.48. The van der Waals surface area contributed by atoms with Crippen LogP contribution in [0.15, 0.2) is 30.6 Å². The molecular weight excluding hydrogens is 282 g/mol. The summed E-state index contributed by atoms with van der Waals surface area (Å²) in [4.78, 5) is 19.8. The molecule has 0 aliphatic heterocycles. The summed E-state index contributed by atoms with van der Waals surface area (Å²) < 4.78 is 4.88. The molecule has 1 heterocycles. The number of carbonyl (C=O) groups excluding carboxylic acids is 1. The number of hydrogen-bond acceptors (Lipinski definition) is 6. The van der Waals surface area contributed by atoms with Gasteiger partial charge >= 0.3 is 6.09 Å². The molecule has 0 aliphatic rings. The fourth-order valence-electron chi connectivity index (χ4n) is 1.95. The van der Waals surface area contributed by atoms with Crippen molar-refractivity contribution in [1.82, 2.24) is 15.3 Å². The zero-order valence-electron chi connectivity index (χ0n) is 12.6. The van der Waals surface area contributed by atoms with Crippen molar-refractivity contribution < 1.29 is 9.53 Å². The Morgan fingerprint density at radius 1 is 1.23 bits per heavy atom. The molecule has 7 nitrogen and oxygen atoms in total. The van der Waals surface area contributed by atoms with Gasteiger partial charge in [-0.05, 0) is 18.6 Å². The van der Waals surface area contributed by atoms with Crippen LogP contribution in [-0.2, 0) is 4.74 Å². The number of aromatic nitrogens is 2. The van der Waals surface area contributed by atoms with Gasteiger partial charge in [0.2, 0.25) is 5.90 Å². The first-order valence-electron chi connectivity index (χ1n) is 6.65. The van der Waals surface area contributed by atoms with Gasteiger partial charge in [-0.3, -0.25) is 10.4 Å². The molecule has 0 saturated heterocycles. The van der Waals surface area contributed by atoms with Crippen molar-refractivity contribution in [3.63, 3.8) is 0 Å². The maximum atomic E-state index is 11.2. The Morgan fingerprint density at radius 3 is 2.59 bits per heavy atom. The molecule has 0 atom stereocenters. The summed E-state index contributed by atoms with van der Waals surface area (Å²) in [6.07, 6.45) is 2.61. The smallest absolute Gasteiger partial charge is 0.391 e. The lowest BCUT2D eigenvalue weighted by atomic mass is 10.00. The van der Waals surface area contributed by atoms with Crippen LogP contribution in [0.3, 0.4) is 0 Å². The predicted octanol–water partition coefficient (Wildman–Crippen LogP) is 2.18. The van der Waals surface area contributed by atoms with Crippen molar-refractivity contribution in [2.75, 3.05) is 19.4 Å². The topological polar surface area (TPSA) is 100.0 Å². The van der Waals surface area contributed by atoms with E-state index < -0.39 is 6.09 Å². The second kappa shape index (κ2) is 6.66. The van der Waals surface area contributed by atoms with E-state index in [0.29, 0.717) is 17.1 Å². The average molecular weight is 299 g/mol. The number of carbonyl (C=O) groups is 1. The van der Waals surface area contributed by atoms with Crippen molar-refractivity contribution >= 4 is 17.8 Å². The third-order valence-electron chi connectivity index (χ3n) is 3.16. The molecule has 0 radical (unpaired) electrons. The highest BCUT2D eigenvalue weighted by Gasteiger charge is 2.14. The molecule has 114 valence electrons. The van der Waals surface area contributed by atoms with Crippen LogP contribution in [-0.4, -0.2) is 36.1 Å². The summed E-state index contributed by atoms with van der Waals surface area (Å²) in [6, 6.07) is 5.39. The van der Waals surface area contributed by atoms with Crippen LogP contribution < -0.4 is 10.6 Å². The van der Waals surface area contributed by atoms with Gasteiger partial charge < -0.3 is 15.4 Å². The molecule has 2 aromatic rings. The summed E-state index contributed by atoms with van der Waals surface area (Å²) in [5, 5.41) is 13.1. The van der Waals surface area contributed by atoms with E-state index >= 15 is 0 Å². The Kier molecular flexibility index (Phi) is 4.67. The Hall–Kier alpha value is -2.96. The third kappa shape index (κ3) is 3.20. The summed E-state index contributed by atoms with van der Waals surface area (Å²) in [5.41, 5.74) is 2.84. The minimum absolute atomic E-state index is 0.210. The molecule has 1 amide bonds. The fraction of sp³-hybridized carbons (Fsp3) is 0.200. The number of alkyl carbamates (subject to hydrolysis) is 1. The molecule has 22 heavy (non-hydrogen) atoms. The summed E-state index contributed by atoms with van der Waals surface area (Å²) >= 11 is 0. The minimum atomic E-state index is -0.673. The monoisotopic (exact) mass is 299 g/mol. The van der Waals surface area contributed by atoms with Crippen LogP contribution >= 0.6 is 0 Å². The molecule has 7 heteroatoms. The molecule has 1 aromatic carbocycles. The molecule has 0 unspecified atom stereocenters. The van der Waals surface area contributed by atoms with Gasteiger partial charge in [0.05, 0.1) is 18.1 Å². The molecule has 0 saturated carbocycles. The Labute approximate surface area is 128 Å². The SMILES string of the molecule is CNC(=O)OC(=N)c1cccc(-c2cnc(NC)cn2)c1C. The van der Waals surface area contributed by atoms with Gasteiger partial charge in [-0.15, -0.1) is 0 Å². The highest BCUT2D eigenvalue weighted by atomic mass is 16.6. The zero-order chi connectivity index (χ0) is 16.1. The summed E-state index contributed by atoms with van der Waals surface area (Å²) in [6.45, 7) is 1.85. The van der Waals surface area contributed by atoms with Crippen LogP contribution in [0, 0.1) is 12.3 Å². The first-order chi connectivity index (χ1) is 10.6. The van der Waals surface area contributed by atoms with Crippen LogP contribution in [0.2, 0.25) is 0 Å². The Balaban J connectivity index is 2.36. The van der Waals surface area contributed by atoms with Gasteiger partial charge in [0.15, 0.2) is 0 Å². The lowest BCUT2D eigenvalue weighted by Crippen LogP contribution is -2.23. The number of ether oxygens (including phenoxy) is 1. The van der Waals surface area contributed by atoms with Crippen molar-refractivity contribution in [3.05, 3.63) is 41.7 Å². The van der Waals surface area contributed by atoms with Crippen molar-refractivity contribution in [3.8, 4) is 11.3 Å². The minimum Gasteiger partial charge on any atom is -0.391 e. The van der Waals surface area contributed by atoms with E-state index in [2.05, 4.69) is 20.6 Å². The van der Waals surface area contributed by atoms with E-state index in [1.54, 1.807) is 31.6 Å². The maximum absolute atomic E-state index is 11.2. The number of amides is 1. The third-order valence-corrected chi connectivity index (χ3v) is 3.16. The van der Waals surface area contributed by atoms with E-state index in [1.807, 2.05) is 13.0 Å². The molecule has 2 rings (SSSR count). The number of nitrogens with one attached hydrogen (secondary N) is 3.